The summed E-state index contributed by atoms with van der Waals surface area (Å²) < 4.78 is 0. The van der Waals surface area contributed by atoms with E-state index in [1.165, 1.54) is 0 Å². The number of nitrogens with zero attached hydrogens (tertiary/aromatic N) is 1. The number of hydrogen-bond acceptors (Lipinski definition) is 3. The fourth-order valence-corrected chi connectivity index (χ4v) is 1.63. The lowest BCUT2D eigenvalue weighted by atomic mass is 9.98. The van der Waals surface area contributed by atoms with Gasteiger partial charge in [0.1, 0.15) is 6.04 Å². The molecule has 4 nitrogen and oxygen atoms in total. The van der Waals surface area contributed by atoms with Crippen LogP contribution in [-0.4, -0.2) is 48.7 Å². The van der Waals surface area contributed by atoms with E-state index in [9.17, 15) is 4.79 Å². The molecule has 0 aliphatic rings. The molecule has 2 unspecified atom stereocenters. The Morgan fingerprint density at radius 1 is 1.19 bits per heavy atom. The molecule has 16 heavy (non-hydrogen) atoms. The van der Waals surface area contributed by atoms with Gasteiger partial charge in [0.05, 0.1) is 0 Å². The summed E-state index contributed by atoms with van der Waals surface area (Å²) >= 11 is 0. The summed E-state index contributed by atoms with van der Waals surface area (Å²) in [5, 5.41) is 12.4. The predicted molar refractivity (Wildman–Crippen MR) is 66.6 cm³/mol. The second-order valence-corrected chi connectivity index (χ2v) is 5.34. The Bertz CT molecular complexity index is 215. The Labute approximate surface area is 99.0 Å². The molecule has 0 rings (SSSR count). The molecule has 0 amide bonds. The van der Waals surface area contributed by atoms with E-state index in [1.54, 1.807) is 0 Å². The van der Waals surface area contributed by atoms with E-state index in [-0.39, 0.29) is 12.0 Å². The lowest BCUT2D eigenvalue weighted by Gasteiger charge is -2.30. The van der Waals surface area contributed by atoms with Gasteiger partial charge in [0, 0.05) is 12.6 Å². The molecule has 0 heterocycles. The first-order chi connectivity index (χ1) is 7.25. The maximum Gasteiger partial charge on any atom is 0.320 e. The van der Waals surface area contributed by atoms with E-state index >= 15 is 0 Å². The van der Waals surface area contributed by atoms with E-state index in [0.717, 1.165) is 6.54 Å². The van der Waals surface area contributed by atoms with Crippen molar-refractivity contribution in [3.63, 3.8) is 0 Å². The zero-order valence-electron chi connectivity index (χ0n) is 11.3. The van der Waals surface area contributed by atoms with Crippen LogP contribution in [0.2, 0.25) is 0 Å². The van der Waals surface area contributed by atoms with Crippen molar-refractivity contribution >= 4 is 5.97 Å². The highest BCUT2D eigenvalue weighted by molar-refractivity contribution is 5.73. The van der Waals surface area contributed by atoms with Gasteiger partial charge in [0.25, 0.3) is 0 Å². The predicted octanol–water partition coefficient (Wildman–Crippen LogP) is 1.27. The molecular weight excluding hydrogens is 204 g/mol. The first-order valence-electron chi connectivity index (χ1n) is 5.89. The van der Waals surface area contributed by atoms with Gasteiger partial charge in [-0.2, -0.15) is 0 Å². The van der Waals surface area contributed by atoms with E-state index in [0.29, 0.717) is 5.92 Å². The quantitative estimate of drug-likeness (QED) is 0.691. The van der Waals surface area contributed by atoms with Gasteiger partial charge in [0.15, 0.2) is 0 Å². The van der Waals surface area contributed by atoms with Crippen LogP contribution < -0.4 is 5.32 Å². The molecule has 0 bridgehead atoms. The van der Waals surface area contributed by atoms with Crippen molar-refractivity contribution in [2.24, 2.45) is 11.8 Å². The van der Waals surface area contributed by atoms with Crippen LogP contribution in [0.1, 0.15) is 27.7 Å². The maximum absolute atomic E-state index is 11.1. The molecule has 0 saturated heterocycles. The van der Waals surface area contributed by atoms with Crippen LogP contribution in [-0.2, 0) is 4.79 Å². The van der Waals surface area contributed by atoms with E-state index in [4.69, 9.17) is 5.11 Å². The molecule has 2 N–H and O–H groups in total. The Morgan fingerprint density at radius 3 is 1.94 bits per heavy atom. The van der Waals surface area contributed by atoms with E-state index in [1.807, 2.05) is 27.9 Å². The van der Waals surface area contributed by atoms with Crippen LogP contribution in [0.25, 0.3) is 0 Å². The zero-order valence-corrected chi connectivity index (χ0v) is 11.3. The average Bonchev–Trinajstić information content (AvgIpc) is 2.09. The summed E-state index contributed by atoms with van der Waals surface area (Å²) in [5.41, 5.74) is 0. The molecule has 0 aromatic carbocycles. The third-order valence-corrected chi connectivity index (χ3v) is 2.69. The number of hydrogen-bond donors (Lipinski definition) is 2. The SMILES string of the molecule is CC(C)C(CN(C)C)NC(C(=O)O)C(C)C. The highest BCUT2D eigenvalue weighted by Crippen LogP contribution is 2.09. The second-order valence-electron chi connectivity index (χ2n) is 5.34. The number of aliphatic carboxylic acids is 1. The molecular formula is C12H26N2O2. The highest BCUT2D eigenvalue weighted by Gasteiger charge is 2.26. The molecule has 0 aromatic heterocycles. The lowest BCUT2D eigenvalue weighted by molar-refractivity contribution is -0.141. The summed E-state index contributed by atoms with van der Waals surface area (Å²) in [6, 6.07) is -0.258. The van der Waals surface area contributed by atoms with Crippen molar-refractivity contribution in [3.05, 3.63) is 0 Å². The van der Waals surface area contributed by atoms with Gasteiger partial charge in [-0.15, -0.1) is 0 Å². The molecule has 0 aliphatic carbocycles. The molecule has 4 heteroatoms. The van der Waals surface area contributed by atoms with E-state index in [2.05, 4.69) is 24.1 Å². The smallest absolute Gasteiger partial charge is 0.320 e. The summed E-state index contributed by atoms with van der Waals surface area (Å²) in [4.78, 5) is 13.2. The number of nitrogens with one attached hydrogen (secondary N) is 1. The van der Waals surface area contributed by atoms with Gasteiger partial charge >= 0.3 is 5.97 Å². The maximum atomic E-state index is 11.1. The number of carbonyl (C=O) groups is 1. The lowest BCUT2D eigenvalue weighted by Crippen LogP contribution is -2.51. The van der Waals surface area contributed by atoms with Crippen molar-refractivity contribution in [1.82, 2.24) is 10.2 Å². The van der Waals surface area contributed by atoms with Gasteiger partial charge in [-0.25, -0.2) is 0 Å². The van der Waals surface area contributed by atoms with E-state index < -0.39 is 12.0 Å². The standard InChI is InChI=1S/C12H26N2O2/c1-8(2)10(7-14(5)6)13-11(9(3)4)12(15)16/h8-11,13H,7H2,1-6H3,(H,15,16). The normalized spacial score (nSPS) is 15.8. The summed E-state index contributed by atoms with van der Waals surface area (Å²) in [6.45, 7) is 8.94. The molecule has 0 radical (unpaired) electrons. The van der Waals surface area contributed by atoms with Crippen molar-refractivity contribution in [3.8, 4) is 0 Å². The monoisotopic (exact) mass is 230 g/mol. The second kappa shape index (κ2) is 6.86. The fraction of sp³-hybridized carbons (Fsp3) is 0.917. The number of carboxylic acids is 1. The third-order valence-electron chi connectivity index (χ3n) is 2.69. The van der Waals surface area contributed by atoms with Crippen LogP contribution in [0.15, 0.2) is 0 Å². The average molecular weight is 230 g/mol. The zero-order chi connectivity index (χ0) is 12.9. The van der Waals surface area contributed by atoms with Crippen molar-refractivity contribution < 1.29 is 9.90 Å². The molecule has 0 aromatic rings. The van der Waals surface area contributed by atoms with Crippen molar-refractivity contribution in [2.45, 2.75) is 39.8 Å². The fourth-order valence-electron chi connectivity index (χ4n) is 1.63. The molecule has 2 atom stereocenters. The Balaban J connectivity index is 4.51. The molecule has 0 spiro atoms. The minimum absolute atomic E-state index is 0.0981. The number of carboxylic acid groups (broad SMARTS) is 1. The number of rotatable bonds is 7. The topological polar surface area (TPSA) is 52.6 Å². The van der Waals surface area contributed by atoms with Gasteiger partial charge in [-0.3, -0.25) is 10.1 Å². The highest BCUT2D eigenvalue weighted by atomic mass is 16.4. The van der Waals surface area contributed by atoms with Crippen molar-refractivity contribution in [2.75, 3.05) is 20.6 Å². The Morgan fingerprint density at radius 2 is 1.69 bits per heavy atom. The van der Waals surface area contributed by atoms with Gasteiger partial charge in [0.2, 0.25) is 0 Å². The van der Waals surface area contributed by atoms with Crippen LogP contribution in [0, 0.1) is 11.8 Å². The van der Waals surface area contributed by atoms with Crippen LogP contribution in [0.3, 0.4) is 0 Å². The summed E-state index contributed by atoms with van der Waals surface area (Å²) in [5.74, 6) is -0.247. The first-order valence-corrected chi connectivity index (χ1v) is 5.89. The number of likely N-dealkylation sites (N-methyl/N-ethyl adjacent to an activating group) is 1. The minimum Gasteiger partial charge on any atom is -0.480 e. The largest absolute Gasteiger partial charge is 0.480 e. The first kappa shape index (κ1) is 15.4. The summed E-state index contributed by atoms with van der Waals surface area (Å²) in [7, 11) is 4.00. The molecule has 0 aliphatic heterocycles. The minimum atomic E-state index is -0.764. The molecule has 0 saturated carbocycles. The third kappa shape index (κ3) is 5.47. The van der Waals surface area contributed by atoms with Crippen LogP contribution in [0.5, 0.6) is 0 Å². The van der Waals surface area contributed by atoms with Gasteiger partial charge in [-0.05, 0) is 25.9 Å². The van der Waals surface area contributed by atoms with Gasteiger partial charge in [-0.1, -0.05) is 27.7 Å². The molecule has 0 fully saturated rings. The van der Waals surface area contributed by atoms with Crippen LogP contribution >= 0.6 is 0 Å². The Hall–Kier alpha value is -0.610. The van der Waals surface area contributed by atoms with Gasteiger partial charge < -0.3 is 10.0 Å². The molecule has 96 valence electrons. The van der Waals surface area contributed by atoms with Crippen LogP contribution in [0.4, 0.5) is 0 Å². The summed E-state index contributed by atoms with van der Waals surface area (Å²) in [6.07, 6.45) is 0. The van der Waals surface area contributed by atoms with Crippen molar-refractivity contribution in [1.29, 1.82) is 0 Å². The Kier molecular flexibility index (Phi) is 6.60.